The lowest BCUT2D eigenvalue weighted by molar-refractivity contribution is -0.208. The van der Waals surface area contributed by atoms with Gasteiger partial charge in [0.2, 0.25) is 0 Å². The Kier molecular flexibility index (Phi) is 9.82. The number of ketones is 2. The third-order valence-electron chi connectivity index (χ3n) is 5.22. The van der Waals surface area contributed by atoms with E-state index in [9.17, 15) is 14.8 Å². The summed E-state index contributed by atoms with van der Waals surface area (Å²) < 4.78 is 0. The van der Waals surface area contributed by atoms with Crippen LogP contribution in [-0.2, 0) is 18.1 Å². The molecule has 31 heavy (non-hydrogen) atoms. The molecule has 6 heteroatoms. The Morgan fingerprint density at radius 2 is 1.55 bits per heavy atom. The van der Waals surface area contributed by atoms with Crippen molar-refractivity contribution in [1.29, 1.82) is 0 Å². The van der Waals surface area contributed by atoms with Gasteiger partial charge in [0.25, 0.3) is 0 Å². The first-order valence-electron chi connectivity index (χ1n) is 10.7. The van der Waals surface area contributed by atoms with E-state index in [4.69, 9.17) is 18.0 Å². The number of hydrogen-bond acceptors (Lipinski definition) is 4. The number of unbranched alkanes of at least 4 members (excludes halogenated alkanes) is 2. The predicted octanol–water partition coefficient (Wildman–Crippen LogP) is 5.38. The smallest absolute Gasteiger partial charge is 0.177 e. The van der Waals surface area contributed by atoms with Gasteiger partial charge in [-0.05, 0) is 42.9 Å². The first-order valence-corrected chi connectivity index (χ1v) is 11.2. The number of Topliss-reactive ketones (excluding diaryl/α,β-unsaturated/α-hetero) is 2. The van der Waals surface area contributed by atoms with Crippen molar-refractivity contribution in [2.24, 2.45) is 5.73 Å². The molecule has 0 atom stereocenters. The summed E-state index contributed by atoms with van der Waals surface area (Å²) in [5.74, 6) is -0.0988. The van der Waals surface area contributed by atoms with Crippen LogP contribution in [0.4, 0.5) is 0 Å². The molecule has 0 heterocycles. The van der Waals surface area contributed by atoms with Gasteiger partial charge in [-0.2, -0.15) is 0 Å². The lowest BCUT2D eigenvalue weighted by atomic mass is 9.89. The number of rotatable bonds is 13. The van der Waals surface area contributed by atoms with E-state index in [1.807, 2.05) is 0 Å². The molecule has 0 fully saturated rings. The Balaban J connectivity index is 2.23. The van der Waals surface area contributed by atoms with Crippen LogP contribution in [0.5, 0.6) is 5.75 Å². The van der Waals surface area contributed by atoms with Gasteiger partial charge in [-0.25, -0.2) is 0 Å². The first kappa shape index (κ1) is 24.7. The molecular weight excluding hydrogens is 410 g/mol. The molecule has 2 N–H and O–H groups in total. The second-order valence-corrected chi connectivity index (χ2v) is 8.03. The zero-order valence-corrected chi connectivity index (χ0v) is 19.0. The molecule has 2 aromatic carbocycles. The first-order chi connectivity index (χ1) is 14.9. The Morgan fingerprint density at radius 3 is 2.13 bits per heavy atom. The van der Waals surface area contributed by atoms with E-state index in [0.717, 1.165) is 31.2 Å². The molecule has 0 amide bonds. The largest absolute Gasteiger partial charge is 0.389 e. The van der Waals surface area contributed by atoms with Crippen molar-refractivity contribution >= 4 is 28.8 Å². The second-order valence-electron chi connectivity index (χ2n) is 7.59. The number of hydrogen-bond donors (Lipinski definition) is 1. The maximum atomic E-state index is 13.2. The summed E-state index contributed by atoms with van der Waals surface area (Å²) in [5, 5.41) is 11.0. The molecule has 0 saturated heterocycles. The van der Waals surface area contributed by atoms with Gasteiger partial charge in [-0.15, -0.1) is 0 Å². The molecule has 2 aromatic rings. The lowest BCUT2D eigenvalue weighted by Gasteiger charge is -2.15. The van der Waals surface area contributed by atoms with Gasteiger partial charge in [-0.3, -0.25) is 9.59 Å². The molecule has 2 rings (SSSR count). The molecule has 0 aliphatic heterocycles. The third kappa shape index (κ3) is 6.97. The number of benzene rings is 2. The lowest BCUT2D eigenvalue weighted by Crippen LogP contribution is -2.12. The quantitative estimate of drug-likeness (QED) is 0.196. The zero-order valence-electron chi connectivity index (χ0n) is 18.2. The maximum Gasteiger partial charge on any atom is 0.177 e. The highest BCUT2D eigenvalue weighted by Crippen LogP contribution is 2.27. The molecule has 0 spiro atoms. The van der Waals surface area contributed by atoms with Crippen LogP contribution in [0.15, 0.2) is 30.3 Å². The molecule has 2 radical (unpaired) electrons. The second kappa shape index (κ2) is 12.3. The summed E-state index contributed by atoms with van der Waals surface area (Å²) in [6, 6.07) is 11.3. The Hall–Kier alpha value is -2.57. The van der Waals surface area contributed by atoms with Gasteiger partial charge in [0.05, 0.1) is 0 Å². The van der Waals surface area contributed by atoms with E-state index >= 15 is 0 Å². The minimum atomic E-state index is -0.114. The predicted molar refractivity (Wildman–Crippen MR) is 124 cm³/mol. The minimum absolute atomic E-state index is 0.0968. The number of thiocarbonyl (C=S) groups is 1. The highest BCUT2D eigenvalue weighted by Gasteiger charge is 2.20. The normalized spacial score (nSPS) is 10.7. The van der Waals surface area contributed by atoms with Gasteiger partial charge in [0.1, 0.15) is 4.99 Å². The summed E-state index contributed by atoms with van der Waals surface area (Å²) in [7, 11) is 0. The van der Waals surface area contributed by atoms with Crippen LogP contribution in [0.2, 0.25) is 0 Å². The maximum absolute atomic E-state index is 13.2. The van der Waals surface area contributed by atoms with Crippen molar-refractivity contribution in [3.8, 4) is 5.75 Å². The fraction of sp³-hybridized carbons (Fsp3) is 0.400. The van der Waals surface area contributed by atoms with Crippen LogP contribution < -0.4 is 10.6 Å². The van der Waals surface area contributed by atoms with Crippen LogP contribution >= 0.6 is 12.2 Å². The molecule has 5 nitrogen and oxygen atoms in total. The highest BCUT2D eigenvalue weighted by molar-refractivity contribution is 7.80. The Bertz CT molecular complexity index is 893. The van der Waals surface area contributed by atoms with Crippen molar-refractivity contribution in [3.05, 3.63) is 64.2 Å². The average Bonchev–Trinajstić information content (AvgIpc) is 2.79. The van der Waals surface area contributed by atoms with Gasteiger partial charge in [0, 0.05) is 40.9 Å². The molecule has 164 valence electrons. The molecule has 0 aliphatic carbocycles. The van der Waals surface area contributed by atoms with Gasteiger partial charge < -0.3 is 10.6 Å². The van der Waals surface area contributed by atoms with Gasteiger partial charge >= 0.3 is 0 Å². The zero-order chi connectivity index (χ0) is 22.8. The van der Waals surface area contributed by atoms with E-state index in [2.05, 4.69) is 24.8 Å². The fourth-order valence-electron chi connectivity index (χ4n) is 3.49. The Labute approximate surface area is 189 Å². The van der Waals surface area contributed by atoms with E-state index in [1.54, 1.807) is 30.3 Å². The van der Waals surface area contributed by atoms with E-state index in [1.165, 1.54) is 0 Å². The summed E-state index contributed by atoms with van der Waals surface area (Å²) in [5.41, 5.74) is 8.91. The van der Waals surface area contributed by atoms with Gasteiger partial charge in [-0.1, -0.05) is 63.2 Å². The number of carbonyl (C=O) groups excluding carboxylic acids is 2. The van der Waals surface area contributed by atoms with Crippen molar-refractivity contribution in [3.63, 3.8) is 0 Å². The molecule has 0 aromatic heterocycles. The molecule has 0 unspecified atom stereocenters. The van der Waals surface area contributed by atoms with Crippen molar-refractivity contribution < 1.29 is 19.7 Å². The third-order valence-corrected chi connectivity index (χ3v) is 5.46. The minimum Gasteiger partial charge on any atom is -0.389 e. The molecule has 0 saturated carbocycles. The van der Waals surface area contributed by atoms with E-state index < -0.39 is 0 Å². The monoisotopic (exact) mass is 439 g/mol. The van der Waals surface area contributed by atoms with Crippen LogP contribution in [0.25, 0.3) is 0 Å². The van der Waals surface area contributed by atoms with E-state index in [-0.39, 0.29) is 35.1 Å². The molecule has 0 bridgehead atoms. The fourth-order valence-corrected chi connectivity index (χ4v) is 3.62. The van der Waals surface area contributed by atoms with Crippen LogP contribution in [0, 0.1) is 6.07 Å². The van der Waals surface area contributed by atoms with Crippen LogP contribution in [0.3, 0.4) is 0 Å². The summed E-state index contributed by atoms with van der Waals surface area (Å²) in [6.45, 7) is 4.13. The van der Waals surface area contributed by atoms with Crippen LogP contribution in [-0.4, -0.2) is 16.6 Å². The van der Waals surface area contributed by atoms with Crippen molar-refractivity contribution in [1.82, 2.24) is 0 Å². The standard InChI is InChI=1S/C25H29NO4S/c1-3-5-7-19-15-21(30-29)16-20(8-6-4-2)24(19)23(28)14-13-22(27)17-9-11-18(12-10-17)25(26)31/h9-12,15H,3-8,13-14H2,1-2H3,(H2,26,31). The number of aryl methyl sites for hydroxylation is 2. The van der Waals surface area contributed by atoms with Crippen molar-refractivity contribution in [2.45, 2.75) is 65.2 Å². The van der Waals surface area contributed by atoms with Crippen LogP contribution in [0.1, 0.15) is 89.8 Å². The number of nitrogens with two attached hydrogens (primary N) is 1. The summed E-state index contributed by atoms with van der Waals surface area (Å²) >= 11 is 4.93. The van der Waals surface area contributed by atoms with E-state index in [0.29, 0.717) is 35.1 Å². The SMILES string of the molecule is CCCCc1[c]c(O[O])cc(CCCC)c1C(=O)CCC(=O)c1ccc(C(N)=S)cc1. The topological polar surface area (TPSA) is 89.3 Å². The van der Waals surface area contributed by atoms with Gasteiger partial charge in [0.15, 0.2) is 17.3 Å². The summed E-state index contributed by atoms with van der Waals surface area (Å²) in [6.07, 6.45) is 5.20. The molecular formula is C25H29NO4S. The number of carbonyl (C=O) groups is 2. The highest BCUT2D eigenvalue weighted by atomic mass is 32.1. The van der Waals surface area contributed by atoms with Crippen molar-refractivity contribution in [2.75, 3.05) is 0 Å². The summed E-state index contributed by atoms with van der Waals surface area (Å²) in [4.78, 5) is 30.2. The average molecular weight is 440 g/mol. The Morgan fingerprint density at radius 1 is 0.968 bits per heavy atom. The molecule has 0 aliphatic rings.